The molecule has 226 valence electrons. The summed E-state index contributed by atoms with van der Waals surface area (Å²) in [6.07, 6.45) is 0. The molecule has 0 aliphatic carbocycles. The Hall–Kier alpha value is -6.38. The molecule has 0 amide bonds. The van der Waals surface area contributed by atoms with E-state index in [2.05, 4.69) is 77.7 Å². The van der Waals surface area contributed by atoms with Crippen molar-refractivity contribution in [2.45, 2.75) is 0 Å². The number of furan rings is 1. The summed E-state index contributed by atoms with van der Waals surface area (Å²) in [5.41, 5.74) is 9.16. The van der Waals surface area contributed by atoms with E-state index in [1.807, 2.05) is 60.7 Å². The van der Waals surface area contributed by atoms with Crippen LogP contribution in [-0.2, 0) is 0 Å². The van der Waals surface area contributed by atoms with Gasteiger partial charge in [-0.3, -0.25) is 0 Å². The Morgan fingerprint density at radius 2 is 1.02 bits per heavy atom. The van der Waals surface area contributed by atoms with Crippen LogP contribution in [0.3, 0.4) is 0 Å². The van der Waals surface area contributed by atoms with Crippen molar-refractivity contribution in [3.05, 3.63) is 188 Å². The van der Waals surface area contributed by atoms with Crippen molar-refractivity contribution in [3.8, 4) is 33.4 Å². The van der Waals surface area contributed by atoms with Crippen LogP contribution in [0, 0.1) is 0 Å². The second-order valence-electron chi connectivity index (χ2n) is 11.7. The lowest BCUT2D eigenvalue weighted by Gasteiger charge is -2.26. The number of para-hydroxylation sites is 1. The molecule has 0 bridgehead atoms. The molecule has 1 aromatic heterocycles. The van der Waals surface area contributed by atoms with Crippen LogP contribution in [0.15, 0.2) is 192 Å². The van der Waals surface area contributed by atoms with Gasteiger partial charge in [0.15, 0.2) is 0 Å². The monoisotopic (exact) mass is 620 g/mol. The number of benzene rings is 8. The number of anilines is 3. The number of hydrogen-bond donors (Lipinski definition) is 0. The Bertz CT molecular complexity index is 2930. The fourth-order valence-electron chi connectivity index (χ4n) is 6.42. The zero-order chi connectivity index (χ0) is 38.0. The quantitative estimate of drug-likeness (QED) is 0.184. The maximum absolute atomic E-state index is 8.86. The molecule has 2 nitrogen and oxygen atoms in total. The van der Waals surface area contributed by atoms with Gasteiger partial charge in [-0.1, -0.05) is 133 Å². The highest BCUT2D eigenvalue weighted by molar-refractivity contribution is 6.06. The van der Waals surface area contributed by atoms with Crippen molar-refractivity contribution < 1.29 is 14.0 Å². The smallest absolute Gasteiger partial charge is 0.136 e. The molecule has 9 aromatic rings. The van der Waals surface area contributed by atoms with Gasteiger partial charge >= 0.3 is 0 Å². The van der Waals surface area contributed by atoms with Gasteiger partial charge < -0.3 is 9.32 Å². The molecule has 0 N–H and O–H groups in total. The summed E-state index contributed by atoms with van der Waals surface area (Å²) < 4.78 is 65.9. The minimum Gasteiger partial charge on any atom is -0.456 e. The van der Waals surface area contributed by atoms with Gasteiger partial charge in [-0.25, -0.2) is 0 Å². The van der Waals surface area contributed by atoms with Crippen LogP contribution in [0.1, 0.15) is 9.60 Å². The molecule has 0 saturated heterocycles. The minimum absolute atomic E-state index is 0.0623. The topological polar surface area (TPSA) is 16.4 Å². The molecular weight excluding hydrogens is 583 g/mol. The maximum atomic E-state index is 8.86. The summed E-state index contributed by atoms with van der Waals surface area (Å²) in [5, 5.41) is 2.13. The van der Waals surface area contributed by atoms with Crippen LogP contribution < -0.4 is 4.90 Å². The fraction of sp³-hybridized carbons (Fsp3) is 0. The van der Waals surface area contributed by atoms with Crippen molar-refractivity contribution in [1.82, 2.24) is 0 Å². The third-order valence-electron chi connectivity index (χ3n) is 8.78. The average Bonchev–Trinajstić information content (AvgIpc) is 3.60. The normalized spacial score (nSPS) is 13.4. The fourth-order valence-corrected chi connectivity index (χ4v) is 6.42. The van der Waals surface area contributed by atoms with Crippen LogP contribution >= 0.6 is 0 Å². The summed E-state index contributed by atoms with van der Waals surface area (Å²) in [6.45, 7) is 0. The van der Waals surface area contributed by atoms with Crippen molar-refractivity contribution in [2.24, 2.45) is 0 Å². The van der Waals surface area contributed by atoms with Crippen LogP contribution in [0.25, 0.3) is 66.1 Å². The van der Waals surface area contributed by atoms with Crippen molar-refractivity contribution in [1.29, 1.82) is 0 Å². The molecule has 2 heteroatoms. The van der Waals surface area contributed by atoms with E-state index in [4.69, 9.17) is 14.0 Å². The third kappa shape index (κ3) is 5.01. The first kappa shape index (κ1) is 21.4. The Labute approximate surface area is 289 Å². The van der Waals surface area contributed by atoms with Crippen molar-refractivity contribution >= 4 is 49.8 Å². The Kier molecular flexibility index (Phi) is 5.25. The van der Waals surface area contributed by atoms with E-state index in [1.54, 1.807) is 12.1 Å². The van der Waals surface area contributed by atoms with E-state index in [0.717, 1.165) is 61.3 Å². The number of fused-ring (bicyclic) bond motifs is 4. The van der Waals surface area contributed by atoms with Gasteiger partial charge in [0.25, 0.3) is 0 Å². The Morgan fingerprint density at radius 1 is 0.396 bits per heavy atom. The van der Waals surface area contributed by atoms with Crippen LogP contribution in [0.2, 0.25) is 0 Å². The lowest BCUT2D eigenvalue weighted by atomic mass is 9.98. The second-order valence-corrected chi connectivity index (χ2v) is 11.7. The van der Waals surface area contributed by atoms with E-state index in [9.17, 15) is 0 Å². The molecule has 1 heterocycles. The second kappa shape index (κ2) is 11.8. The van der Waals surface area contributed by atoms with Crippen LogP contribution in [0.4, 0.5) is 17.1 Å². The molecule has 0 aliphatic heterocycles. The Morgan fingerprint density at radius 3 is 1.85 bits per heavy atom. The summed E-state index contributed by atoms with van der Waals surface area (Å²) in [6, 6.07) is 45.8. The molecule has 0 unspecified atom stereocenters. The van der Waals surface area contributed by atoms with Gasteiger partial charge in [-0.05, 0) is 98.8 Å². The lowest BCUT2D eigenvalue weighted by molar-refractivity contribution is 0.669. The van der Waals surface area contributed by atoms with Gasteiger partial charge in [0, 0.05) is 27.8 Å². The standard InChI is InChI=1S/C46H31NO/c1-2-10-32(11-3-1)33-20-25-38(26-21-33)47(39-27-22-35(23-28-39)42-18-9-13-34-12-4-5-16-41(34)42)40-15-8-14-36(30-40)37-24-29-44-43-17-6-7-19-45(43)48-46(44)31-37/h1-31H/i4D,5D,9D,12D,13D,16D,18D. The van der Waals surface area contributed by atoms with Gasteiger partial charge in [0.05, 0.1) is 9.60 Å². The predicted octanol–water partition coefficient (Wildman–Crippen LogP) is 13.2. The molecule has 0 radical (unpaired) electrons. The molecule has 9 rings (SSSR count). The lowest BCUT2D eigenvalue weighted by Crippen LogP contribution is -2.10. The SMILES string of the molecule is [2H]c1c([2H])c([2H])c2c(-c3ccc(N(c4ccc(-c5ccccc5)cc4)c4cccc(-c5ccc6c(c5)oc5ccccc56)c4)cc3)c([2H])c([2H])c([2H])c2c1[2H]. The molecule has 0 fully saturated rings. The first-order chi connectivity index (χ1) is 26.7. The molecule has 0 atom stereocenters. The van der Waals surface area contributed by atoms with Crippen molar-refractivity contribution in [3.63, 3.8) is 0 Å². The zero-order valence-electron chi connectivity index (χ0n) is 32.7. The molecule has 0 spiro atoms. The molecule has 0 saturated carbocycles. The zero-order valence-corrected chi connectivity index (χ0v) is 25.7. The van der Waals surface area contributed by atoms with Crippen molar-refractivity contribution in [2.75, 3.05) is 4.90 Å². The largest absolute Gasteiger partial charge is 0.456 e. The average molecular weight is 621 g/mol. The summed E-state index contributed by atoms with van der Waals surface area (Å²) in [7, 11) is 0. The molecule has 8 aromatic carbocycles. The minimum atomic E-state index is -0.474. The molecule has 48 heavy (non-hydrogen) atoms. The van der Waals surface area contributed by atoms with E-state index in [1.165, 1.54) is 0 Å². The van der Waals surface area contributed by atoms with Crippen LogP contribution in [-0.4, -0.2) is 0 Å². The van der Waals surface area contributed by atoms with E-state index < -0.39 is 30.2 Å². The number of rotatable bonds is 6. The van der Waals surface area contributed by atoms with Gasteiger partial charge in [-0.15, -0.1) is 0 Å². The predicted molar refractivity (Wildman–Crippen MR) is 202 cm³/mol. The highest BCUT2D eigenvalue weighted by Crippen LogP contribution is 2.40. The summed E-state index contributed by atoms with van der Waals surface area (Å²) in [5.74, 6) is 0. The summed E-state index contributed by atoms with van der Waals surface area (Å²) in [4.78, 5) is 2.14. The van der Waals surface area contributed by atoms with E-state index >= 15 is 0 Å². The van der Waals surface area contributed by atoms with Gasteiger partial charge in [-0.2, -0.15) is 0 Å². The highest BCUT2D eigenvalue weighted by atomic mass is 16.3. The van der Waals surface area contributed by atoms with E-state index in [-0.39, 0.29) is 28.4 Å². The van der Waals surface area contributed by atoms with Crippen LogP contribution in [0.5, 0.6) is 0 Å². The maximum Gasteiger partial charge on any atom is 0.136 e. The number of nitrogens with zero attached hydrogens (tertiary/aromatic N) is 1. The highest BCUT2D eigenvalue weighted by Gasteiger charge is 2.16. The number of hydrogen-bond acceptors (Lipinski definition) is 2. The first-order valence-electron chi connectivity index (χ1n) is 19.3. The molecular formula is C46H31NO. The van der Waals surface area contributed by atoms with Gasteiger partial charge in [0.2, 0.25) is 0 Å². The Balaban J connectivity index is 1.18. The van der Waals surface area contributed by atoms with Gasteiger partial charge in [0.1, 0.15) is 11.2 Å². The molecule has 0 aliphatic rings. The summed E-state index contributed by atoms with van der Waals surface area (Å²) >= 11 is 0. The third-order valence-corrected chi connectivity index (χ3v) is 8.78. The van der Waals surface area contributed by atoms with E-state index in [0.29, 0.717) is 5.56 Å². The first-order valence-corrected chi connectivity index (χ1v) is 15.8.